The summed E-state index contributed by atoms with van der Waals surface area (Å²) >= 11 is 0. The van der Waals surface area contributed by atoms with Gasteiger partial charge in [-0.3, -0.25) is 4.79 Å². The smallest absolute Gasteiger partial charge is 0.376 e. The normalized spacial score (nSPS) is 15.0. The highest BCUT2D eigenvalue weighted by Gasteiger charge is 2.16. The van der Waals surface area contributed by atoms with Gasteiger partial charge in [-0.25, -0.2) is 9.79 Å². The zero-order valence-corrected chi connectivity index (χ0v) is 5.90. The van der Waals surface area contributed by atoms with E-state index in [1.165, 1.54) is 0 Å². The Hall–Kier alpha value is -1.52. The van der Waals surface area contributed by atoms with Crippen LogP contribution >= 0.6 is 0 Å². The predicted molar refractivity (Wildman–Crippen MR) is 37.6 cm³/mol. The van der Waals surface area contributed by atoms with Gasteiger partial charge in [-0.05, 0) is 6.92 Å². The lowest BCUT2D eigenvalue weighted by Crippen LogP contribution is -2.13. The van der Waals surface area contributed by atoms with Gasteiger partial charge in [-0.15, -0.1) is 0 Å². The monoisotopic (exact) mass is 154 g/mol. The molecule has 58 valence electrons. The summed E-state index contributed by atoms with van der Waals surface area (Å²) in [6.45, 7) is 1.92. The van der Waals surface area contributed by atoms with Crippen molar-refractivity contribution in [2.45, 2.75) is 6.92 Å². The van der Waals surface area contributed by atoms with Crippen LogP contribution < -0.4 is 0 Å². The van der Waals surface area contributed by atoms with Crippen LogP contribution in [-0.2, 0) is 14.3 Å². The van der Waals surface area contributed by atoms with Crippen LogP contribution in [0, 0.1) is 0 Å². The number of hydrogen-bond acceptors (Lipinski definition) is 4. The van der Waals surface area contributed by atoms with E-state index < -0.39 is 11.9 Å². The third kappa shape index (κ3) is 1.70. The lowest BCUT2D eigenvalue weighted by molar-refractivity contribution is -0.135. The van der Waals surface area contributed by atoms with Crippen LogP contribution in [0.15, 0.2) is 9.98 Å². The molecule has 0 aromatic carbocycles. The molecule has 5 heteroatoms. The van der Waals surface area contributed by atoms with E-state index in [9.17, 15) is 9.59 Å². The molecular formula is C6H6N2O3. The van der Waals surface area contributed by atoms with E-state index in [0.29, 0.717) is 0 Å². The van der Waals surface area contributed by atoms with Gasteiger partial charge in [-0.1, -0.05) is 0 Å². The van der Waals surface area contributed by atoms with Crippen LogP contribution in [0.25, 0.3) is 0 Å². The summed E-state index contributed by atoms with van der Waals surface area (Å²) < 4.78 is 4.54. The maximum absolute atomic E-state index is 10.8. The van der Waals surface area contributed by atoms with Crippen LogP contribution in [0.1, 0.15) is 6.92 Å². The molecule has 0 bridgehead atoms. The highest BCUT2D eigenvalue weighted by molar-refractivity contribution is 6.48. The van der Waals surface area contributed by atoms with Crippen molar-refractivity contribution in [3.8, 4) is 0 Å². The summed E-state index contributed by atoms with van der Waals surface area (Å²) in [5.41, 5.74) is 0. The highest BCUT2D eigenvalue weighted by atomic mass is 16.5. The molecule has 5 nitrogen and oxygen atoms in total. The van der Waals surface area contributed by atoms with E-state index >= 15 is 0 Å². The van der Waals surface area contributed by atoms with Crippen molar-refractivity contribution >= 4 is 23.9 Å². The first kappa shape index (κ1) is 7.59. The number of rotatable bonds is 2. The first-order valence-electron chi connectivity index (χ1n) is 3.08. The van der Waals surface area contributed by atoms with E-state index in [-0.39, 0.29) is 12.4 Å². The van der Waals surface area contributed by atoms with Crippen molar-refractivity contribution in [1.29, 1.82) is 0 Å². The van der Waals surface area contributed by atoms with E-state index in [4.69, 9.17) is 0 Å². The molecule has 1 aliphatic heterocycles. The van der Waals surface area contributed by atoms with Crippen LogP contribution in [0.3, 0.4) is 0 Å². The second-order valence-corrected chi connectivity index (χ2v) is 1.75. The SMILES string of the molecule is CCOC(=O)C1=NC(=O)C=N1. The molecule has 11 heavy (non-hydrogen) atoms. The fourth-order valence-corrected chi connectivity index (χ4v) is 0.572. The molecule has 0 unspecified atom stereocenters. The van der Waals surface area contributed by atoms with E-state index in [0.717, 1.165) is 6.21 Å². The number of amides is 1. The topological polar surface area (TPSA) is 68.1 Å². The quantitative estimate of drug-likeness (QED) is 0.506. The molecule has 0 aromatic heterocycles. The molecule has 0 spiro atoms. The van der Waals surface area contributed by atoms with Gasteiger partial charge in [0.05, 0.1) is 12.8 Å². The number of hydrogen-bond donors (Lipinski definition) is 0. The summed E-state index contributed by atoms with van der Waals surface area (Å²) in [7, 11) is 0. The third-order valence-electron chi connectivity index (χ3n) is 0.971. The van der Waals surface area contributed by atoms with Gasteiger partial charge >= 0.3 is 5.97 Å². The van der Waals surface area contributed by atoms with Gasteiger partial charge in [0, 0.05) is 0 Å². The van der Waals surface area contributed by atoms with Crippen LogP contribution in [0.5, 0.6) is 0 Å². The minimum Gasteiger partial charge on any atom is -0.460 e. The molecule has 0 fully saturated rings. The fraction of sp³-hybridized carbons (Fsp3) is 0.333. The van der Waals surface area contributed by atoms with Crippen molar-refractivity contribution in [3.63, 3.8) is 0 Å². The Balaban J connectivity index is 2.63. The Morgan fingerprint density at radius 2 is 2.45 bits per heavy atom. The second-order valence-electron chi connectivity index (χ2n) is 1.75. The van der Waals surface area contributed by atoms with Gasteiger partial charge in [0.25, 0.3) is 5.91 Å². The van der Waals surface area contributed by atoms with Crippen molar-refractivity contribution in [2.75, 3.05) is 6.61 Å². The third-order valence-corrected chi connectivity index (χ3v) is 0.971. The molecule has 0 saturated heterocycles. The lowest BCUT2D eigenvalue weighted by Gasteiger charge is -1.95. The second kappa shape index (κ2) is 3.05. The Morgan fingerprint density at radius 1 is 1.73 bits per heavy atom. The molecule has 0 N–H and O–H groups in total. The largest absolute Gasteiger partial charge is 0.460 e. The van der Waals surface area contributed by atoms with E-state index in [1.54, 1.807) is 6.92 Å². The van der Waals surface area contributed by atoms with E-state index in [1.807, 2.05) is 0 Å². The average molecular weight is 154 g/mol. The molecular weight excluding hydrogens is 148 g/mol. The van der Waals surface area contributed by atoms with Gasteiger partial charge in [0.1, 0.15) is 0 Å². The molecule has 0 atom stereocenters. The fourth-order valence-electron chi connectivity index (χ4n) is 0.572. The first-order valence-corrected chi connectivity index (χ1v) is 3.08. The van der Waals surface area contributed by atoms with Gasteiger partial charge in [0.15, 0.2) is 0 Å². The maximum atomic E-state index is 10.8. The van der Waals surface area contributed by atoms with Crippen molar-refractivity contribution < 1.29 is 14.3 Å². The Morgan fingerprint density at radius 3 is 2.91 bits per heavy atom. The summed E-state index contributed by atoms with van der Waals surface area (Å²) in [4.78, 5) is 27.9. The molecule has 1 rings (SSSR count). The summed E-state index contributed by atoms with van der Waals surface area (Å²) in [5, 5.41) is 0. The van der Waals surface area contributed by atoms with Crippen molar-refractivity contribution in [2.24, 2.45) is 9.98 Å². The number of ether oxygens (including phenoxy) is 1. The van der Waals surface area contributed by atoms with Crippen LogP contribution in [0.2, 0.25) is 0 Å². The highest BCUT2D eigenvalue weighted by Crippen LogP contribution is 1.93. The molecule has 0 aromatic rings. The molecule has 0 radical (unpaired) electrons. The number of nitrogens with zero attached hydrogens (tertiary/aromatic N) is 2. The molecule has 1 heterocycles. The Kier molecular flexibility index (Phi) is 2.10. The minimum absolute atomic E-state index is 0.170. The number of amidine groups is 1. The minimum atomic E-state index is -0.658. The standard InChI is InChI=1S/C6H6N2O3/c1-2-11-6(10)5-7-3-4(9)8-5/h3H,2H2,1H3. The Bertz CT molecular complexity index is 255. The van der Waals surface area contributed by atoms with Gasteiger partial charge in [0.2, 0.25) is 5.84 Å². The zero-order chi connectivity index (χ0) is 8.27. The molecule has 1 amide bonds. The average Bonchev–Trinajstić information content (AvgIpc) is 2.36. The lowest BCUT2D eigenvalue weighted by atomic mass is 10.6. The Labute approximate surface area is 62.8 Å². The van der Waals surface area contributed by atoms with E-state index in [2.05, 4.69) is 14.7 Å². The molecule has 0 saturated carbocycles. The number of esters is 1. The van der Waals surface area contributed by atoms with Crippen molar-refractivity contribution in [3.05, 3.63) is 0 Å². The van der Waals surface area contributed by atoms with Gasteiger partial charge < -0.3 is 4.74 Å². The number of carbonyl (C=O) groups excluding carboxylic acids is 2. The molecule has 1 aliphatic rings. The van der Waals surface area contributed by atoms with Crippen LogP contribution in [-0.4, -0.2) is 30.5 Å². The summed E-state index contributed by atoms with van der Waals surface area (Å²) in [6.07, 6.45) is 0.978. The van der Waals surface area contributed by atoms with Gasteiger partial charge in [-0.2, -0.15) is 4.99 Å². The summed E-state index contributed by atoms with van der Waals surface area (Å²) in [5.74, 6) is -1.35. The predicted octanol–water partition coefficient (Wildman–Crippen LogP) is -0.441. The number of aliphatic imine (C=N–C) groups is 2. The first-order chi connectivity index (χ1) is 5.24. The zero-order valence-electron chi connectivity index (χ0n) is 5.90. The number of carbonyl (C=O) groups is 2. The van der Waals surface area contributed by atoms with Crippen molar-refractivity contribution in [1.82, 2.24) is 0 Å². The van der Waals surface area contributed by atoms with Crippen LogP contribution in [0.4, 0.5) is 0 Å². The molecule has 0 aliphatic carbocycles. The summed E-state index contributed by atoms with van der Waals surface area (Å²) in [6, 6.07) is 0. The maximum Gasteiger partial charge on any atom is 0.376 e.